The van der Waals surface area contributed by atoms with E-state index >= 15 is 0 Å². The Morgan fingerprint density at radius 3 is 2.25 bits per heavy atom. The fraction of sp³-hybridized carbons (Fsp3) is 0.684. The Kier molecular flexibility index (Phi) is 2.42. The standard InChI is InChI=1S/C19H25N/c1-2-4-16(5-3-1)19-10-13-8-14(11-19)18(15(9-13)12-19)20-17-6-7-17/h1-5,13-15,17-18,20H,6-12H2. The van der Waals surface area contributed by atoms with E-state index in [0.29, 0.717) is 5.41 Å². The molecule has 4 bridgehead atoms. The molecule has 0 radical (unpaired) electrons. The van der Waals surface area contributed by atoms with Crippen molar-refractivity contribution in [2.75, 3.05) is 0 Å². The van der Waals surface area contributed by atoms with E-state index < -0.39 is 0 Å². The number of hydrogen-bond acceptors (Lipinski definition) is 1. The molecule has 0 aliphatic heterocycles. The first kappa shape index (κ1) is 11.8. The molecule has 2 unspecified atom stereocenters. The summed E-state index contributed by atoms with van der Waals surface area (Å²) in [4.78, 5) is 0. The zero-order valence-corrected chi connectivity index (χ0v) is 12.2. The first-order chi connectivity index (χ1) is 9.82. The molecule has 0 aromatic heterocycles. The normalized spacial score (nSPS) is 45.8. The molecule has 5 saturated carbocycles. The second-order valence-corrected chi connectivity index (χ2v) is 8.08. The molecule has 0 amide bonds. The highest BCUT2D eigenvalue weighted by atomic mass is 15.0. The van der Waals surface area contributed by atoms with E-state index in [4.69, 9.17) is 0 Å². The average Bonchev–Trinajstić information content (AvgIpc) is 3.27. The second-order valence-electron chi connectivity index (χ2n) is 8.08. The molecule has 6 rings (SSSR count). The van der Waals surface area contributed by atoms with Crippen LogP contribution in [-0.4, -0.2) is 12.1 Å². The van der Waals surface area contributed by atoms with Crippen LogP contribution >= 0.6 is 0 Å². The molecular formula is C19H25N. The van der Waals surface area contributed by atoms with Gasteiger partial charge in [0.2, 0.25) is 0 Å². The van der Waals surface area contributed by atoms with Gasteiger partial charge in [0.15, 0.2) is 0 Å². The number of benzene rings is 1. The summed E-state index contributed by atoms with van der Waals surface area (Å²) < 4.78 is 0. The first-order valence-electron chi connectivity index (χ1n) is 8.64. The van der Waals surface area contributed by atoms with Crippen LogP contribution in [0.15, 0.2) is 30.3 Å². The van der Waals surface area contributed by atoms with Crippen molar-refractivity contribution in [1.29, 1.82) is 0 Å². The van der Waals surface area contributed by atoms with Gasteiger partial charge in [0.1, 0.15) is 0 Å². The van der Waals surface area contributed by atoms with Crippen LogP contribution in [0.4, 0.5) is 0 Å². The summed E-state index contributed by atoms with van der Waals surface area (Å²) in [6.07, 6.45) is 10.3. The topological polar surface area (TPSA) is 12.0 Å². The zero-order valence-electron chi connectivity index (χ0n) is 12.2. The van der Waals surface area contributed by atoms with E-state index in [1.807, 2.05) is 0 Å². The third-order valence-corrected chi connectivity index (χ3v) is 6.66. The SMILES string of the molecule is c1ccc(C23CC4CC(C2)C(NC2CC2)C(C4)C3)cc1. The van der Waals surface area contributed by atoms with E-state index in [-0.39, 0.29) is 0 Å². The lowest BCUT2D eigenvalue weighted by atomic mass is 9.46. The summed E-state index contributed by atoms with van der Waals surface area (Å²) in [5.74, 6) is 2.94. The van der Waals surface area contributed by atoms with Gasteiger partial charge in [0.05, 0.1) is 0 Å². The van der Waals surface area contributed by atoms with E-state index in [1.54, 1.807) is 5.56 Å². The minimum absolute atomic E-state index is 0.541. The van der Waals surface area contributed by atoms with Gasteiger partial charge in [-0.1, -0.05) is 30.3 Å². The number of nitrogens with one attached hydrogen (secondary N) is 1. The molecule has 1 aromatic carbocycles. The van der Waals surface area contributed by atoms with Gasteiger partial charge < -0.3 is 5.32 Å². The van der Waals surface area contributed by atoms with E-state index in [1.165, 1.54) is 44.9 Å². The summed E-state index contributed by atoms with van der Waals surface area (Å²) in [5, 5.41) is 4.00. The molecule has 0 saturated heterocycles. The minimum atomic E-state index is 0.541. The summed E-state index contributed by atoms with van der Waals surface area (Å²) in [5.41, 5.74) is 2.18. The third kappa shape index (κ3) is 1.72. The second kappa shape index (κ2) is 4.10. The van der Waals surface area contributed by atoms with Crippen molar-refractivity contribution >= 4 is 0 Å². The molecule has 0 spiro atoms. The molecule has 2 atom stereocenters. The molecule has 1 aromatic rings. The van der Waals surface area contributed by atoms with Gasteiger partial charge in [-0.2, -0.15) is 0 Å². The summed E-state index contributed by atoms with van der Waals surface area (Å²) >= 11 is 0. The van der Waals surface area contributed by atoms with Crippen LogP contribution in [0.5, 0.6) is 0 Å². The molecule has 106 valence electrons. The molecule has 1 heteroatoms. The predicted molar refractivity (Wildman–Crippen MR) is 81.6 cm³/mol. The smallest absolute Gasteiger partial charge is 0.0127 e. The van der Waals surface area contributed by atoms with Crippen LogP contribution in [0, 0.1) is 17.8 Å². The van der Waals surface area contributed by atoms with Crippen LogP contribution in [0.25, 0.3) is 0 Å². The number of rotatable bonds is 3. The lowest BCUT2D eigenvalue weighted by Crippen LogP contribution is -2.60. The van der Waals surface area contributed by atoms with E-state index in [2.05, 4.69) is 35.6 Å². The Balaban J connectivity index is 1.47. The molecular weight excluding hydrogens is 242 g/mol. The lowest BCUT2D eigenvalue weighted by Gasteiger charge is -2.60. The molecule has 1 nitrogen and oxygen atoms in total. The summed E-state index contributed by atoms with van der Waals surface area (Å²) in [6.45, 7) is 0. The van der Waals surface area contributed by atoms with Crippen LogP contribution in [0.3, 0.4) is 0 Å². The monoisotopic (exact) mass is 267 g/mol. The molecule has 5 fully saturated rings. The Bertz CT molecular complexity index is 488. The largest absolute Gasteiger partial charge is 0.311 e. The Morgan fingerprint density at radius 2 is 1.60 bits per heavy atom. The van der Waals surface area contributed by atoms with Gasteiger partial charge in [-0.05, 0) is 73.7 Å². The van der Waals surface area contributed by atoms with Gasteiger partial charge >= 0.3 is 0 Å². The highest BCUT2D eigenvalue weighted by molar-refractivity contribution is 5.30. The fourth-order valence-corrected chi connectivity index (χ4v) is 5.96. The average molecular weight is 267 g/mol. The van der Waals surface area contributed by atoms with Crippen molar-refractivity contribution in [3.63, 3.8) is 0 Å². The van der Waals surface area contributed by atoms with Crippen LogP contribution in [0.1, 0.15) is 50.5 Å². The first-order valence-corrected chi connectivity index (χ1v) is 8.64. The van der Waals surface area contributed by atoms with Crippen LogP contribution in [0.2, 0.25) is 0 Å². The Hall–Kier alpha value is -0.820. The zero-order chi connectivity index (χ0) is 13.2. The predicted octanol–water partition coefficient (Wildman–Crippen LogP) is 3.88. The van der Waals surface area contributed by atoms with Crippen molar-refractivity contribution in [3.8, 4) is 0 Å². The van der Waals surface area contributed by atoms with Crippen LogP contribution < -0.4 is 5.32 Å². The Morgan fingerprint density at radius 1 is 0.900 bits per heavy atom. The summed E-state index contributed by atoms with van der Waals surface area (Å²) in [6, 6.07) is 13.2. The van der Waals surface area contributed by atoms with Crippen molar-refractivity contribution in [3.05, 3.63) is 35.9 Å². The van der Waals surface area contributed by atoms with Gasteiger partial charge in [0, 0.05) is 12.1 Å². The quantitative estimate of drug-likeness (QED) is 0.876. The van der Waals surface area contributed by atoms with Gasteiger partial charge in [-0.3, -0.25) is 0 Å². The summed E-state index contributed by atoms with van der Waals surface area (Å²) in [7, 11) is 0. The molecule has 1 N–H and O–H groups in total. The molecule has 0 heterocycles. The fourth-order valence-electron chi connectivity index (χ4n) is 5.96. The molecule has 5 aliphatic rings. The van der Waals surface area contributed by atoms with E-state index in [9.17, 15) is 0 Å². The van der Waals surface area contributed by atoms with Gasteiger partial charge in [-0.25, -0.2) is 0 Å². The lowest BCUT2D eigenvalue weighted by molar-refractivity contribution is -0.0355. The minimum Gasteiger partial charge on any atom is -0.311 e. The van der Waals surface area contributed by atoms with Crippen molar-refractivity contribution in [2.45, 2.75) is 62.4 Å². The maximum absolute atomic E-state index is 4.00. The third-order valence-electron chi connectivity index (χ3n) is 6.66. The van der Waals surface area contributed by atoms with Crippen molar-refractivity contribution < 1.29 is 0 Å². The molecule has 20 heavy (non-hydrogen) atoms. The Labute approximate surface area is 122 Å². The van der Waals surface area contributed by atoms with Gasteiger partial charge in [-0.15, -0.1) is 0 Å². The highest BCUT2D eigenvalue weighted by Gasteiger charge is 2.56. The molecule has 5 aliphatic carbocycles. The van der Waals surface area contributed by atoms with Crippen molar-refractivity contribution in [1.82, 2.24) is 5.32 Å². The van der Waals surface area contributed by atoms with E-state index in [0.717, 1.165) is 29.8 Å². The highest BCUT2D eigenvalue weighted by Crippen LogP contribution is 2.60. The number of hydrogen-bond donors (Lipinski definition) is 1. The van der Waals surface area contributed by atoms with Crippen molar-refractivity contribution in [2.24, 2.45) is 17.8 Å². The maximum Gasteiger partial charge on any atom is 0.0127 e. The van der Waals surface area contributed by atoms with Gasteiger partial charge in [0.25, 0.3) is 0 Å². The maximum atomic E-state index is 4.00. The van der Waals surface area contributed by atoms with Crippen LogP contribution in [-0.2, 0) is 5.41 Å².